The Kier molecular flexibility index (Phi) is 3.82. The molecule has 2 N–H and O–H groups in total. The van der Waals surface area contributed by atoms with E-state index in [4.69, 9.17) is 5.73 Å². The van der Waals surface area contributed by atoms with E-state index in [2.05, 4.69) is 38.4 Å². The molecule has 3 heterocycles. The minimum Gasteiger partial charge on any atom is -0.395 e. The van der Waals surface area contributed by atoms with Crippen LogP contribution in [0.4, 0.5) is 14.7 Å². The van der Waals surface area contributed by atoms with E-state index < -0.39 is 6.29 Å². The minimum atomic E-state index is -3.72. The lowest BCUT2D eigenvalue weighted by molar-refractivity contribution is -0.286. The van der Waals surface area contributed by atoms with Crippen molar-refractivity contribution in [3.05, 3.63) is 18.0 Å². The van der Waals surface area contributed by atoms with Crippen molar-refractivity contribution in [2.45, 2.75) is 51.7 Å². The van der Waals surface area contributed by atoms with Crippen molar-refractivity contribution >= 4 is 22.5 Å². The molecule has 1 aliphatic heterocycles. The number of nitrogens with two attached hydrogens (primary N) is 1. The Bertz CT molecular complexity index is 988. The number of aromatic nitrogens is 4. The van der Waals surface area contributed by atoms with Gasteiger partial charge in [0.05, 0.1) is 0 Å². The molecule has 1 atom stereocenters. The molecule has 0 aliphatic carbocycles. The third-order valence-electron chi connectivity index (χ3n) is 4.62. The molecule has 2 aromatic heterocycles. The molecule has 0 bridgehead atoms. The molecule has 0 saturated heterocycles. The zero-order valence-electron chi connectivity index (χ0n) is 14.5. The molecule has 0 fully saturated rings. The van der Waals surface area contributed by atoms with Crippen LogP contribution in [0, 0.1) is 0 Å². The van der Waals surface area contributed by atoms with Crippen molar-refractivity contribution < 1.29 is 18.3 Å². The topological polar surface area (TPSA) is 87.6 Å². The van der Waals surface area contributed by atoms with Gasteiger partial charge >= 0.3 is 6.29 Å². The second-order valence-corrected chi connectivity index (χ2v) is 6.38. The Balaban J connectivity index is 1.88. The number of unbranched alkanes of at least 4 members (excludes halogenated alkanes) is 1. The number of benzene rings is 1. The average Bonchev–Trinajstić information content (AvgIpc) is 3.16. The highest BCUT2D eigenvalue weighted by molar-refractivity contribution is 5.97. The highest BCUT2D eigenvalue weighted by atomic mass is 19.3. The fourth-order valence-corrected chi connectivity index (χ4v) is 3.25. The maximum atomic E-state index is 13.4. The van der Waals surface area contributed by atoms with Gasteiger partial charge in [0.25, 0.3) is 0 Å². The Hall–Kier alpha value is -2.71. The van der Waals surface area contributed by atoms with Gasteiger partial charge in [-0.3, -0.25) is 0 Å². The maximum absolute atomic E-state index is 13.4. The molecule has 1 unspecified atom stereocenters. The Labute approximate surface area is 148 Å². The quantitative estimate of drug-likeness (QED) is 0.740. The van der Waals surface area contributed by atoms with Gasteiger partial charge in [-0.05, 0) is 25.0 Å². The minimum absolute atomic E-state index is 0.0591. The lowest BCUT2D eigenvalue weighted by Gasteiger charge is -2.09. The summed E-state index contributed by atoms with van der Waals surface area (Å²) in [5, 5.41) is 5.04. The molecule has 0 radical (unpaired) electrons. The first kappa shape index (κ1) is 16.7. The van der Waals surface area contributed by atoms with Crippen molar-refractivity contribution in [2.75, 3.05) is 5.73 Å². The van der Waals surface area contributed by atoms with E-state index in [1.165, 1.54) is 10.6 Å². The van der Waals surface area contributed by atoms with Crippen molar-refractivity contribution in [2.24, 2.45) is 0 Å². The van der Waals surface area contributed by atoms with Crippen molar-refractivity contribution in [1.29, 1.82) is 0 Å². The summed E-state index contributed by atoms with van der Waals surface area (Å²) in [6.07, 6.45) is 0.338. The van der Waals surface area contributed by atoms with Gasteiger partial charge in [0.15, 0.2) is 23.0 Å². The molecule has 9 heteroatoms. The van der Waals surface area contributed by atoms with Crippen LogP contribution in [0.5, 0.6) is 11.5 Å². The lowest BCUT2D eigenvalue weighted by atomic mass is 9.99. The molecule has 0 amide bonds. The monoisotopic (exact) mass is 363 g/mol. The summed E-state index contributed by atoms with van der Waals surface area (Å²) in [5.41, 5.74) is 6.66. The number of alkyl halides is 2. The van der Waals surface area contributed by atoms with Crippen LogP contribution in [0.3, 0.4) is 0 Å². The van der Waals surface area contributed by atoms with Crippen LogP contribution in [-0.4, -0.2) is 25.9 Å². The summed E-state index contributed by atoms with van der Waals surface area (Å²) >= 11 is 0. The molecular formula is C17H19F2N5O2. The van der Waals surface area contributed by atoms with E-state index in [-0.39, 0.29) is 28.9 Å². The van der Waals surface area contributed by atoms with Crippen LogP contribution < -0.4 is 15.2 Å². The molecule has 138 valence electrons. The second-order valence-electron chi connectivity index (χ2n) is 6.38. The van der Waals surface area contributed by atoms with E-state index in [1.54, 1.807) is 6.07 Å². The third kappa shape index (κ3) is 2.58. The SMILES string of the molecule is CCCCC(CC)c1nc2c3ccc4c(c3nc(N)n2n1)OC(F)(F)O4. The van der Waals surface area contributed by atoms with Gasteiger partial charge in [0.1, 0.15) is 5.52 Å². The van der Waals surface area contributed by atoms with Crippen LogP contribution in [0.2, 0.25) is 0 Å². The number of fused-ring (bicyclic) bond motifs is 5. The smallest absolute Gasteiger partial charge is 0.395 e. The highest BCUT2D eigenvalue weighted by Gasteiger charge is 2.45. The predicted molar refractivity (Wildman–Crippen MR) is 91.5 cm³/mol. The normalized spacial score (nSPS) is 16.5. The first-order valence-electron chi connectivity index (χ1n) is 8.68. The third-order valence-corrected chi connectivity index (χ3v) is 4.62. The number of ether oxygens (including phenoxy) is 2. The summed E-state index contributed by atoms with van der Waals surface area (Å²) in [6.45, 7) is 4.23. The molecule has 7 nitrogen and oxygen atoms in total. The summed E-state index contributed by atoms with van der Waals surface area (Å²) in [5.74, 6) is 0.744. The molecule has 0 spiro atoms. The lowest BCUT2D eigenvalue weighted by Crippen LogP contribution is -2.26. The van der Waals surface area contributed by atoms with Crippen LogP contribution >= 0.6 is 0 Å². The van der Waals surface area contributed by atoms with E-state index in [9.17, 15) is 8.78 Å². The Morgan fingerprint density at radius 3 is 2.77 bits per heavy atom. The van der Waals surface area contributed by atoms with Gasteiger partial charge in [-0.15, -0.1) is 13.9 Å². The van der Waals surface area contributed by atoms with Crippen LogP contribution in [-0.2, 0) is 0 Å². The van der Waals surface area contributed by atoms with Gasteiger partial charge in [-0.25, -0.2) is 9.97 Å². The van der Waals surface area contributed by atoms with Crippen LogP contribution in [0.25, 0.3) is 16.6 Å². The number of nitrogens with zero attached hydrogens (tertiary/aromatic N) is 4. The average molecular weight is 363 g/mol. The molecular weight excluding hydrogens is 344 g/mol. The van der Waals surface area contributed by atoms with Crippen LogP contribution in [0.1, 0.15) is 51.3 Å². The standard InChI is InChI=1S/C17H19F2N5O2/c1-3-5-6-9(4-2)14-22-15-10-7-8-11-13(26-17(18,19)25-11)12(10)21-16(20)24(15)23-14/h7-9H,3-6H2,1-2H3,(H2,20,21). The number of halogens is 2. The van der Waals surface area contributed by atoms with Gasteiger partial charge in [0.2, 0.25) is 5.95 Å². The molecule has 4 rings (SSSR count). The number of anilines is 1. The zero-order chi connectivity index (χ0) is 18.5. The van der Waals surface area contributed by atoms with Gasteiger partial charge in [0, 0.05) is 11.3 Å². The molecule has 3 aromatic rings. The number of hydrogen-bond acceptors (Lipinski definition) is 6. The Morgan fingerprint density at radius 1 is 1.23 bits per heavy atom. The van der Waals surface area contributed by atoms with Crippen molar-refractivity contribution in [3.63, 3.8) is 0 Å². The van der Waals surface area contributed by atoms with Gasteiger partial charge < -0.3 is 15.2 Å². The molecule has 0 saturated carbocycles. The van der Waals surface area contributed by atoms with Gasteiger partial charge in [-0.2, -0.15) is 4.52 Å². The van der Waals surface area contributed by atoms with E-state index in [1.807, 2.05) is 0 Å². The predicted octanol–water partition coefficient (Wildman–Crippen LogP) is 3.87. The fraction of sp³-hybridized carbons (Fsp3) is 0.471. The Morgan fingerprint density at radius 2 is 2.04 bits per heavy atom. The number of hydrogen-bond donors (Lipinski definition) is 1. The summed E-state index contributed by atoms with van der Waals surface area (Å²) < 4.78 is 37.4. The van der Waals surface area contributed by atoms with E-state index >= 15 is 0 Å². The summed E-state index contributed by atoms with van der Waals surface area (Å²) in [4.78, 5) is 8.84. The highest BCUT2D eigenvalue weighted by Crippen LogP contribution is 2.45. The zero-order valence-corrected chi connectivity index (χ0v) is 14.5. The largest absolute Gasteiger partial charge is 0.586 e. The second kappa shape index (κ2) is 5.93. The van der Waals surface area contributed by atoms with Crippen LogP contribution in [0.15, 0.2) is 12.1 Å². The number of nitrogen functional groups attached to an aromatic ring is 1. The first-order chi connectivity index (χ1) is 12.4. The molecule has 1 aromatic carbocycles. The molecule has 26 heavy (non-hydrogen) atoms. The van der Waals surface area contributed by atoms with Gasteiger partial charge in [-0.1, -0.05) is 26.7 Å². The van der Waals surface area contributed by atoms with E-state index in [0.717, 1.165) is 25.7 Å². The summed E-state index contributed by atoms with van der Waals surface area (Å²) in [6, 6.07) is 3.03. The van der Waals surface area contributed by atoms with Crippen molar-refractivity contribution in [1.82, 2.24) is 19.6 Å². The van der Waals surface area contributed by atoms with Crippen molar-refractivity contribution in [3.8, 4) is 11.5 Å². The summed E-state index contributed by atoms with van der Waals surface area (Å²) in [7, 11) is 0. The number of rotatable bonds is 5. The fourth-order valence-electron chi connectivity index (χ4n) is 3.25. The molecule has 1 aliphatic rings. The maximum Gasteiger partial charge on any atom is 0.586 e. The van der Waals surface area contributed by atoms with E-state index in [0.29, 0.717) is 16.9 Å². The first-order valence-corrected chi connectivity index (χ1v) is 8.68.